The maximum Gasteiger partial charge on any atom is 0.106 e. The molecule has 1 aliphatic heterocycles. The van der Waals surface area contributed by atoms with Gasteiger partial charge >= 0.3 is 0 Å². The van der Waals surface area contributed by atoms with Crippen LogP contribution >= 0.6 is 0 Å². The van der Waals surface area contributed by atoms with Crippen LogP contribution in [0.15, 0.2) is 11.6 Å². The molecule has 0 bridgehead atoms. The van der Waals surface area contributed by atoms with Gasteiger partial charge in [0, 0.05) is 6.08 Å². The molecule has 1 saturated carbocycles. The number of fused-ring (bicyclic) bond motifs is 1. The van der Waals surface area contributed by atoms with E-state index in [1.54, 1.807) is 6.08 Å². The fourth-order valence-corrected chi connectivity index (χ4v) is 1.58. The standard InChI is InChI=1S/C8H9NO/c9-5-4-6-2-1-3-7-8(6)10-7/h4,7-8H,1-3H2/b6-4-. The van der Waals surface area contributed by atoms with Gasteiger partial charge in [0.15, 0.2) is 0 Å². The summed E-state index contributed by atoms with van der Waals surface area (Å²) in [5.41, 5.74) is 1.21. The van der Waals surface area contributed by atoms with E-state index in [4.69, 9.17) is 10.00 Å². The Balaban J connectivity index is 2.10. The molecule has 0 aromatic heterocycles. The molecule has 0 aromatic rings. The summed E-state index contributed by atoms with van der Waals surface area (Å²) in [6, 6.07) is 2.05. The fraction of sp³-hybridized carbons (Fsp3) is 0.625. The van der Waals surface area contributed by atoms with E-state index >= 15 is 0 Å². The molecule has 0 radical (unpaired) electrons. The normalized spacial score (nSPS) is 40.5. The molecule has 2 unspecified atom stereocenters. The summed E-state index contributed by atoms with van der Waals surface area (Å²) in [5.74, 6) is 0. The minimum Gasteiger partial charge on any atom is -0.365 e. The molecule has 0 amide bonds. The number of allylic oxidation sites excluding steroid dienone is 1. The third kappa shape index (κ3) is 0.833. The van der Waals surface area contributed by atoms with Gasteiger partial charge in [0.05, 0.1) is 12.2 Å². The Hall–Kier alpha value is -0.810. The minimum absolute atomic E-state index is 0.327. The molecule has 2 nitrogen and oxygen atoms in total. The van der Waals surface area contributed by atoms with Crippen LogP contribution in [0.3, 0.4) is 0 Å². The third-order valence-corrected chi connectivity index (χ3v) is 2.15. The zero-order chi connectivity index (χ0) is 6.97. The van der Waals surface area contributed by atoms with Crippen LogP contribution in [0.5, 0.6) is 0 Å². The minimum atomic E-state index is 0.327. The Bertz CT molecular complexity index is 214. The third-order valence-electron chi connectivity index (χ3n) is 2.15. The van der Waals surface area contributed by atoms with Gasteiger partial charge in [0.25, 0.3) is 0 Å². The predicted molar refractivity (Wildman–Crippen MR) is 36.2 cm³/mol. The summed E-state index contributed by atoms with van der Waals surface area (Å²) in [6.07, 6.45) is 5.88. The molecule has 2 rings (SSSR count). The van der Waals surface area contributed by atoms with Crippen LogP contribution in [0.4, 0.5) is 0 Å². The highest BCUT2D eigenvalue weighted by Gasteiger charge is 2.43. The Morgan fingerprint density at radius 3 is 3.40 bits per heavy atom. The van der Waals surface area contributed by atoms with Crippen LogP contribution in [0.25, 0.3) is 0 Å². The van der Waals surface area contributed by atoms with Crippen molar-refractivity contribution in [3.8, 4) is 6.07 Å². The smallest absolute Gasteiger partial charge is 0.106 e. The molecular weight excluding hydrogens is 126 g/mol. The summed E-state index contributed by atoms with van der Waals surface area (Å²) in [5, 5.41) is 8.37. The molecule has 2 aliphatic rings. The second-order valence-electron chi connectivity index (χ2n) is 2.84. The second kappa shape index (κ2) is 2.10. The molecule has 2 fully saturated rings. The van der Waals surface area contributed by atoms with E-state index in [1.807, 2.05) is 0 Å². The number of hydrogen-bond acceptors (Lipinski definition) is 2. The molecule has 1 aliphatic carbocycles. The zero-order valence-corrected chi connectivity index (χ0v) is 5.71. The lowest BCUT2D eigenvalue weighted by molar-refractivity contribution is 0.384. The Kier molecular flexibility index (Phi) is 1.25. The monoisotopic (exact) mass is 135 g/mol. The second-order valence-corrected chi connectivity index (χ2v) is 2.84. The van der Waals surface area contributed by atoms with Gasteiger partial charge in [-0.15, -0.1) is 0 Å². The van der Waals surface area contributed by atoms with Crippen molar-refractivity contribution in [1.29, 1.82) is 5.26 Å². The summed E-state index contributed by atoms with van der Waals surface area (Å²) < 4.78 is 5.32. The number of rotatable bonds is 0. The Morgan fingerprint density at radius 1 is 1.70 bits per heavy atom. The average Bonchev–Trinajstić information content (AvgIpc) is 2.67. The van der Waals surface area contributed by atoms with Crippen molar-refractivity contribution in [2.45, 2.75) is 31.5 Å². The van der Waals surface area contributed by atoms with E-state index in [0.717, 1.165) is 6.42 Å². The first-order chi connectivity index (χ1) is 4.92. The maximum absolute atomic E-state index is 8.37. The lowest BCUT2D eigenvalue weighted by Crippen LogP contribution is -2.05. The molecular formula is C8H9NO. The van der Waals surface area contributed by atoms with Gasteiger partial charge in [-0.2, -0.15) is 5.26 Å². The molecule has 52 valence electrons. The number of epoxide rings is 1. The van der Waals surface area contributed by atoms with Gasteiger partial charge < -0.3 is 4.74 Å². The van der Waals surface area contributed by atoms with Crippen LogP contribution < -0.4 is 0 Å². The van der Waals surface area contributed by atoms with Gasteiger partial charge in [0.2, 0.25) is 0 Å². The highest BCUT2D eigenvalue weighted by molar-refractivity contribution is 5.25. The van der Waals surface area contributed by atoms with Crippen LogP contribution in [0, 0.1) is 11.3 Å². The first kappa shape index (κ1) is 5.94. The van der Waals surface area contributed by atoms with Crippen molar-refractivity contribution < 1.29 is 4.74 Å². The lowest BCUT2D eigenvalue weighted by atomic mass is 9.95. The van der Waals surface area contributed by atoms with Gasteiger partial charge in [-0.1, -0.05) is 0 Å². The Morgan fingerprint density at radius 2 is 2.60 bits per heavy atom. The molecule has 10 heavy (non-hydrogen) atoms. The quantitative estimate of drug-likeness (QED) is 0.371. The summed E-state index contributed by atoms with van der Waals surface area (Å²) >= 11 is 0. The van der Waals surface area contributed by atoms with Crippen molar-refractivity contribution in [2.24, 2.45) is 0 Å². The molecule has 2 heteroatoms. The number of nitriles is 1. The number of hydrogen-bond donors (Lipinski definition) is 0. The van der Waals surface area contributed by atoms with E-state index in [0.29, 0.717) is 12.2 Å². The van der Waals surface area contributed by atoms with Crippen molar-refractivity contribution in [2.75, 3.05) is 0 Å². The van der Waals surface area contributed by atoms with Crippen LogP contribution in [0.1, 0.15) is 19.3 Å². The first-order valence-electron chi connectivity index (χ1n) is 3.66. The average molecular weight is 135 g/mol. The summed E-state index contributed by atoms with van der Waals surface area (Å²) in [6.45, 7) is 0. The predicted octanol–water partition coefficient (Wildman–Crippen LogP) is 1.39. The van der Waals surface area contributed by atoms with Crippen molar-refractivity contribution >= 4 is 0 Å². The largest absolute Gasteiger partial charge is 0.365 e. The number of nitrogens with zero attached hydrogens (tertiary/aromatic N) is 1. The van der Waals surface area contributed by atoms with E-state index < -0.39 is 0 Å². The molecule has 0 aromatic carbocycles. The van der Waals surface area contributed by atoms with E-state index in [2.05, 4.69) is 6.07 Å². The van der Waals surface area contributed by atoms with Crippen LogP contribution in [-0.2, 0) is 4.74 Å². The Labute approximate surface area is 60.1 Å². The topological polar surface area (TPSA) is 36.3 Å². The highest BCUT2D eigenvalue weighted by atomic mass is 16.6. The van der Waals surface area contributed by atoms with E-state index in [9.17, 15) is 0 Å². The van der Waals surface area contributed by atoms with Gasteiger partial charge in [0.1, 0.15) is 6.10 Å². The van der Waals surface area contributed by atoms with Gasteiger partial charge in [-0.05, 0) is 24.8 Å². The van der Waals surface area contributed by atoms with Crippen molar-refractivity contribution in [1.82, 2.24) is 0 Å². The summed E-state index contributed by atoms with van der Waals surface area (Å²) in [7, 11) is 0. The van der Waals surface area contributed by atoms with Crippen LogP contribution in [0.2, 0.25) is 0 Å². The highest BCUT2D eigenvalue weighted by Crippen LogP contribution is 2.39. The van der Waals surface area contributed by atoms with Gasteiger partial charge in [-0.25, -0.2) is 0 Å². The first-order valence-corrected chi connectivity index (χ1v) is 3.66. The molecule has 1 heterocycles. The lowest BCUT2D eigenvalue weighted by Gasteiger charge is -2.06. The van der Waals surface area contributed by atoms with Crippen LogP contribution in [-0.4, -0.2) is 12.2 Å². The SMILES string of the molecule is N#C/C=C1/CCCC2OC12. The fourth-order valence-electron chi connectivity index (χ4n) is 1.58. The van der Waals surface area contributed by atoms with Crippen molar-refractivity contribution in [3.05, 3.63) is 11.6 Å². The molecule has 1 saturated heterocycles. The van der Waals surface area contributed by atoms with Gasteiger partial charge in [-0.3, -0.25) is 0 Å². The number of ether oxygens (including phenoxy) is 1. The molecule has 0 spiro atoms. The molecule has 0 N–H and O–H groups in total. The van der Waals surface area contributed by atoms with E-state index in [-0.39, 0.29) is 0 Å². The van der Waals surface area contributed by atoms with E-state index in [1.165, 1.54) is 18.4 Å². The molecule has 2 atom stereocenters. The maximum atomic E-state index is 8.37. The summed E-state index contributed by atoms with van der Waals surface area (Å²) in [4.78, 5) is 0. The van der Waals surface area contributed by atoms with Crippen molar-refractivity contribution in [3.63, 3.8) is 0 Å². The zero-order valence-electron chi connectivity index (χ0n) is 5.71.